The summed E-state index contributed by atoms with van der Waals surface area (Å²) in [6.45, 7) is 3.86. The van der Waals surface area contributed by atoms with E-state index in [9.17, 15) is 22.0 Å². The Bertz CT molecular complexity index is 1390. The molecule has 1 fully saturated rings. The first-order chi connectivity index (χ1) is 18.9. The molecule has 0 aliphatic carbocycles. The average Bonchev–Trinajstić information content (AvgIpc) is 2.92. The van der Waals surface area contributed by atoms with Gasteiger partial charge in [0, 0.05) is 5.56 Å². The number of carbonyl (C=O) groups excluding carboxylic acids is 1. The predicted molar refractivity (Wildman–Crippen MR) is 146 cm³/mol. The average molecular weight is 594 g/mol. The van der Waals surface area contributed by atoms with E-state index in [2.05, 4.69) is 4.74 Å². The zero-order chi connectivity index (χ0) is 29.0. The quantitative estimate of drug-likeness (QED) is 0.189. The molecule has 3 aromatic rings. The van der Waals surface area contributed by atoms with Gasteiger partial charge in [-0.05, 0) is 93.8 Å². The number of carbonyl (C=O) groups is 1. The molecule has 40 heavy (non-hydrogen) atoms. The second-order valence-electron chi connectivity index (χ2n) is 9.46. The Labute approximate surface area is 235 Å². The van der Waals surface area contributed by atoms with E-state index in [4.69, 9.17) is 14.0 Å². The van der Waals surface area contributed by atoms with Gasteiger partial charge in [-0.15, -0.1) is 0 Å². The van der Waals surface area contributed by atoms with Gasteiger partial charge in [0.05, 0.1) is 29.7 Å². The van der Waals surface area contributed by atoms with Crippen LogP contribution in [0.2, 0.25) is 0 Å². The molecule has 1 aliphatic rings. The van der Waals surface area contributed by atoms with E-state index in [1.165, 1.54) is 12.1 Å². The van der Waals surface area contributed by atoms with E-state index in [-0.39, 0.29) is 5.56 Å². The van der Waals surface area contributed by atoms with Gasteiger partial charge in [0.25, 0.3) is 0 Å². The molecule has 1 heterocycles. The molecule has 2 atom stereocenters. The SMILES string of the molecule is CC(OC(=O)c1ccc([S+](c2ccccc2)c2ccc(C3(C)OCCCCCO3)cc2)cc1)C(F)(F)S(=O)(=O)O. The minimum atomic E-state index is -5.75. The zero-order valence-electron chi connectivity index (χ0n) is 22.1. The summed E-state index contributed by atoms with van der Waals surface area (Å²) in [4.78, 5) is 15.3. The molecular weight excluding hydrogens is 562 g/mol. The Morgan fingerprint density at radius 1 is 0.900 bits per heavy atom. The molecule has 1 saturated heterocycles. The number of benzene rings is 3. The van der Waals surface area contributed by atoms with E-state index in [0.717, 1.165) is 39.5 Å². The summed E-state index contributed by atoms with van der Waals surface area (Å²) in [6.07, 6.45) is 0.654. The number of rotatable bonds is 8. The minimum absolute atomic E-state index is 0.0415. The number of halogens is 2. The van der Waals surface area contributed by atoms with Crippen molar-refractivity contribution >= 4 is 27.0 Å². The first kappa shape index (κ1) is 30.1. The lowest BCUT2D eigenvalue weighted by atomic mass is 10.1. The number of esters is 1. The van der Waals surface area contributed by atoms with Crippen molar-refractivity contribution in [3.63, 3.8) is 0 Å². The highest BCUT2D eigenvalue weighted by molar-refractivity contribution is 7.97. The smallest absolute Gasteiger partial charge is 0.405 e. The van der Waals surface area contributed by atoms with E-state index in [1.54, 1.807) is 12.1 Å². The third-order valence-electron chi connectivity index (χ3n) is 6.56. The maximum absolute atomic E-state index is 13.8. The first-order valence-electron chi connectivity index (χ1n) is 12.8. The molecule has 0 amide bonds. The number of hydrogen-bond acceptors (Lipinski definition) is 6. The molecule has 1 N–H and O–H groups in total. The van der Waals surface area contributed by atoms with Crippen LogP contribution in [0.4, 0.5) is 8.78 Å². The van der Waals surface area contributed by atoms with E-state index < -0.39 is 44.1 Å². The van der Waals surface area contributed by atoms with Crippen LogP contribution in [0.25, 0.3) is 0 Å². The van der Waals surface area contributed by atoms with Gasteiger partial charge in [0.15, 0.2) is 26.6 Å². The van der Waals surface area contributed by atoms with Gasteiger partial charge in [-0.25, -0.2) is 4.79 Å². The van der Waals surface area contributed by atoms with Crippen molar-refractivity contribution in [1.29, 1.82) is 0 Å². The third kappa shape index (κ3) is 6.72. The number of ether oxygens (including phenoxy) is 3. The van der Waals surface area contributed by atoms with Crippen molar-refractivity contribution < 1.29 is 40.8 Å². The Balaban J connectivity index is 1.59. The Hall–Kier alpha value is -2.83. The molecule has 0 spiro atoms. The third-order valence-corrected chi connectivity index (χ3v) is 9.81. The second-order valence-corrected chi connectivity index (χ2v) is 13.0. The maximum Gasteiger partial charge on any atom is 0.405 e. The van der Waals surface area contributed by atoms with Crippen LogP contribution in [0.1, 0.15) is 49.0 Å². The molecule has 4 rings (SSSR count). The summed E-state index contributed by atoms with van der Waals surface area (Å²) in [6, 6.07) is 24.1. The summed E-state index contributed by atoms with van der Waals surface area (Å²) in [7, 11) is -6.32. The molecule has 0 saturated carbocycles. The molecule has 7 nitrogen and oxygen atoms in total. The Kier molecular flexibility index (Phi) is 9.31. The normalized spacial score (nSPS) is 17.7. The molecule has 1 aliphatic heterocycles. The van der Waals surface area contributed by atoms with E-state index in [1.807, 2.05) is 61.5 Å². The van der Waals surface area contributed by atoms with Gasteiger partial charge >= 0.3 is 21.3 Å². The molecule has 0 bridgehead atoms. The fourth-order valence-electron chi connectivity index (χ4n) is 4.22. The monoisotopic (exact) mass is 593 g/mol. The first-order valence-corrected chi connectivity index (χ1v) is 15.4. The van der Waals surface area contributed by atoms with Crippen LogP contribution in [-0.4, -0.2) is 43.5 Å². The summed E-state index contributed by atoms with van der Waals surface area (Å²) >= 11 is 0. The van der Waals surface area contributed by atoms with Crippen LogP contribution in [0.5, 0.6) is 0 Å². The van der Waals surface area contributed by atoms with Crippen molar-refractivity contribution in [2.75, 3.05) is 13.2 Å². The van der Waals surface area contributed by atoms with E-state index in [0.29, 0.717) is 20.1 Å². The van der Waals surface area contributed by atoms with Crippen LogP contribution >= 0.6 is 0 Å². The van der Waals surface area contributed by atoms with Crippen molar-refractivity contribution in [1.82, 2.24) is 0 Å². The van der Waals surface area contributed by atoms with Crippen molar-refractivity contribution in [2.45, 2.75) is 64.9 Å². The number of hydrogen-bond donors (Lipinski definition) is 1. The van der Waals surface area contributed by atoms with Crippen molar-refractivity contribution in [3.8, 4) is 0 Å². The highest BCUT2D eigenvalue weighted by Gasteiger charge is 2.52. The van der Waals surface area contributed by atoms with Crippen molar-refractivity contribution in [3.05, 3.63) is 90.0 Å². The lowest BCUT2D eigenvalue weighted by Gasteiger charge is -2.32. The van der Waals surface area contributed by atoms with Gasteiger partial charge in [-0.3, -0.25) is 4.55 Å². The van der Waals surface area contributed by atoms with Gasteiger partial charge in [-0.1, -0.05) is 18.2 Å². The molecule has 11 heteroatoms. The van der Waals surface area contributed by atoms with Crippen LogP contribution in [0, 0.1) is 0 Å². The molecule has 3 aromatic carbocycles. The molecular formula is C29H31F2O7S2+. The van der Waals surface area contributed by atoms with Gasteiger partial charge in [0.1, 0.15) is 0 Å². The highest BCUT2D eigenvalue weighted by Crippen LogP contribution is 2.35. The maximum atomic E-state index is 13.8. The summed E-state index contributed by atoms with van der Waals surface area (Å²) in [5, 5.41) is -4.64. The molecule has 0 aromatic heterocycles. The lowest BCUT2D eigenvalue weighted by molar-refractivity contribution is -0.241. The molecule has 0 radical (unpaired) electrons. The fourth-order valence-corrected chi connectivity index (χ4v) is 6.75. The summed E-state index contributed by atoms with van der Waals surface area (Å²) < 4.78 is 75.1. The van der Waals surface area contributed by atoms with Crippen LogP contribution in [0.15, 0.2) is 93.5 Å². The Morgan fingerprint density at radius 3 is 1.93 bits per heavy atom. The summed E-state index contributed by atoms with van der Waals surface area (Å²) in [5.74, 6) is -1.98. The molecule has 2 unspecified atom stereocenters. The topological polar surface area (TPSA) is 99.1 Å². The standard InChI is InChI=1S/C29H30F2O7S2/c1-21(29(30,31)40(33,34)35)38-27(32)22-11-15-25(16-12-22)39(24-9-5-3-6-10-24)26-17-13-23(14-18-26)28(2)36-19-7-4-8-20-37-28/h3,5-6,9-18,21H,4,7-8,19-20H2,1-2H3/p+1. The van der Waals surface area contributed by atoms with Gasteiger partial charge in [-0.2, -0.15) is 17.2 Å². The van der Waals surface area contributed by atoms with Gasteiger partial charge < -0.3 is 14.2 Å². The van der Waals surface area contributed by atoms with Crippen molar-refractivity contribution in [2.24, 2.45) is 0 Å². The number of alkyl halides is 2. The lowest BCUT2D eigenvalue weighted by Crippen LogP contribution is -2.42. The minimum Gasteiger partial charge on any atom is -0.451 e. The Morgan fingerprint density at radius 2 is 1.40 bits per heavy atom. The summed E-state index contributed by atoms with van der Waals surface area (Å²) in [5.41, 5.74) is 0.865. The van der Waals surface area contributed by atoms with Gasteiger partial charge in [0.2, 0.25) is 0 Å². The van der Waals surface area contributed by atoms with Crippen LogP contribution in [0.3, 0.4) is 0 Å². The zero-order valence-corrected chi connectivity index (χ0v) is 23.7. The highest BCUT2D eigenvalue weighted by atomic mass is 32.2. The van der Waals surface area contributed by atoms with Crippen LogP contribution in [-0.2, 0) is 41.0 Å². The molecule has 214 valence electrons. The largest absolute Gasteiger partial charge is 0.451 e. The van der Waals surface area contributed by atoms with Crippen LogP contribution < -0.4 is 0 Å². The fraction of sp³-hybridized carbons (Fsp3) is 0.345. The predicted octanol–water partition coefficient (Wildman–Crippen LogP) is 6.20. The second kappa shape index (κ2) is 12.4. The van der Waals surface area contributed by atoms with E-state index >= 15 is 0 Å².